The van der Waals surface area contributed by atoms with Crippen molar-refractivity contribution in [3.63, 3.8) is 0 Å². The molecule has 2 heteroatoms. The molecule has 0 spiro atoms. The molecule has 1 nitrogen and oxygen atoms in total. The third-order valence-electron chi connectivity index (χ3n) is 8.89. The molecule has 0 atom stereocenters. The monoisotopic (exact) mass is 584 g/mol. The fraction of sp³-hybridized carbons (Fsp3) is 0.947. The molecule has 0 radical (unpaired) electrons. The van der Waals surface area contributed by atoms with Crippen LogP contribution in [0.3, 0.4) is 0 Å². The summed E-state index contributed by atoms with van der Waals surface area (Å²) in [6.45, 7) is 7.36. The van der Waals surface area contributed by atoms with Gasteiger partial charge in [0.25, 0.3) is 0 Å². The number of allylic oxidation sites excluding steroid dienone is 2. The van der Waals surface area contributed by atoms with Gasteiger partial charge in [-0.25, -0.2) is 0 Å². The Morgan fingerprint density at radius 1 is 0.325 bits per heavy atom. The van der Waals surface area contributed by atoms with Crippen molar-refractivity contribution in [1.82, 2.24) is 0 Å². The molecule has 0 aromatic carbocycles. The molecule has 0 amide bonds. The largest absolute Gasteiger partial charge is 1.00 e. The van der Waals surface area contributed by atoms with E-state index in [2.05, 4.69) is 40.1 Å². The number of rotatable bonds is 33. The molecule has 0 saturated carbocycles. The van der Waals surface area contributed by atoms with Gasteiger partial charge in [0, 0.05) is 0 Å². The molecular formula is C38H78ClN. The molecule has 0 aromatic heterocycles. The number of unbranched alkanes of at least 4 members (excludes halogenated alkanes) is 27. The first-order valence-corrected chi connectivity index (χ1v) is 18.6. The molecule has 0 N–H and O–H groups in total. The molecule has 0 rings (SSSR count). The van der Waals surface area contributed by atoms with E-state index in [0.29, 0.717) is 0 Å². The lowest BCUT2D eigenvalue weighted by Gasteiger charge is -2.30. The zero-order valence-electron chi connectivity index (χ0n) is 28.6. The highest BCUT2D eigenvalue weighted by atomic mass is 35.5. The number of nitrogens with zero attached hydrogens (tertiary/aromatic N) is 1. The SMILES string of the molecule is CCCCCCCCC=CCCCCCCCC[N+](C)(C)CCCCCCCCCCCCCCCCCC.[Cl-]. The van der Waals surface area contributed by atoms with Crippen LogP contribution in [0.1, 0.15) is 206 Å². The minimum absolute atomic E-state index is 0. The Hall–Kier alpha value is -0.0100. The maximum atomic E-state index is 2.46. The van der Waals surface area contributed by atoms with Gasteiger partial charge < -0.3 is 16.9 Å². The van der Waals surface area contributed by atoms with E-state index in [4.69, 9.17) is 0 Å². The normalized spacial score (nSPS) is 11.9. The molecule has 0 aliphatic heterocycles. The number of hydrogen-bond donors (Lipinski definition) is 0. The zero-order valence-corrected chi connectivity index (χ0v) is 29.4. The second kappa shape index (κ2) is 35.2. The highest BCUT2D eigenvalue weighted by Gasteiger charge is 2.13. The zero-order chi connectivity index (χ0) is 28.5. The molecule has 40 heavy (non-hydrogen) atoms. The van der Waals surface area contributed by atoms with Gasteiger partial charge in [0.2, 0.25) is 0 Å². The molecule has 0 heterocycles. The van der Waals surface area contributed by atoms with Gasteiger partial charge >= 0.3 is 0 Å². The Morgan fingerprint density at radius 3 is 0.825 bits per heavy atom. The van der Waals surface area contributed by atoms with E-state index in [0.717, 1.165) is 0 Å². The average Bonchev–Trinajstić information content (AvgIpc) is 2.92. The van der Waals surface area contributed by atoms with Crippen molar-refractivity contribution in [2.45, 2.75) is 206 Å². The van der Waals surface area contributed by atoms with Crippen LogP contribution in [0.25, 0.3) is 0 Å². The van der Waals surface area contributed by atoms with E-state index >= 15 is 0 Å². The van der Waals surface area contributed by atoms with Crippen molar-refractivity contribution >= 4 is 0 Å². The van der Waals surface area contributed by atoms with Crippen LogP contribution in [0, 0.1) is 0 Å². The van der Waals surface area contributed by atoms with Crippen molar-refractivity contribution < 1.29 is 16.9 Å². The molecule has 0 bridgehead atoms. The molecule has 0 aliphatic carbocycles. The van der Waals surface area contributed by atoms with Gasteiger partial charge in [-0.3, -0.25) is 0 Å². The van der Waals surface area contributed by atoms with Crippen LogP contribution in [0.4, 0.5) is 0 Å². The van der Waals surface area contributed by atoms with Crippen LogP contribution < -0.4 is 12.4 Å². The predicted octanol–water partition coefficient (Wildman–Crippen LogP) is 10.4. The first kappa shape index (κ1) is 42.1. The lowest BCUT2D eigenvalue weighted by atomic mass is 10.0. The summed E-state index contributed by atoms with van der Waals surface area (Å²) in [5.41, 5.74) is 0. The first-order chi connectivity index (χ1) is 19.1. The van der Waals surface area contributed by atoms with Gasteiger partial charge in [-0.05, 0) is 51.4 Å². The van der Waals surface area contributed by atoms with E-state index in [1.807, 2.05) is 0 Å². The first-order valence-electron chi connectivity index (χ1n) is 18.6. The minimum Gasteiger partial charge on any atom is -1.00 e. The number of hydrogen-bond acceptors (Lipinski definition) is 0. The third kappa shape index (κ3) is 36.0. The van der Waals surface area contributed by atoms with Gasteiger partial charge in [0.05, 0.1) is 27.2 Å². The lowest BCUT2D eigenvalue weighted by Crippen LogP contribution is -3.00. The van der Waals surface area contributed by atoms with Crippen LogP contribution in [0.2, 0.25) is 0 Å². The van der Waals surface area contributed by atoms with Crippen LogP contribution >= 0.6 is 0 Å². The maximum Gasteiger partial charge on any atom is 0.0782 e. The highest BCUT2D eigenvalue weighted by molar-refractivity contribution is 4.81. The summed E-state index contributed by atoms with van der Waals surface area (Å²) in [6, 6.07) is 0. The standard InChI is InChI=1S/C38H78N.ClH/c1-5-7-9-11-13-15-17-19-21-23-25-27-29-31-33-35-37-39(3,4)38-36-34-32-30-28-26-24-22-20-18-16-14-12-10-8-6-2;/h19,21H,5-18,20,22-38H2,1-4H3;1H/q+1;/p-1. The lowest BCUT2D eigenvalue weighted by molar-refractivity contribution is -0.890. The topological polar surface area (TPSA) is 0 Å². The summed E-state index contributed by atoms with van der Waals surface area (Å²) in [5, 5.41) is 0. The van der Waals surface area contributed by atoms with E-state index in [-0.39, 0.29) is 12.4 Å². The van der Waals surface area contributed by atoms with Gasteiger partial charge in [-0.1, -0.05) is 167 Å². The molecule has 242 valence electrons. The Balaban J connectivity index is 0. The van der Waals surface area contributed by atoms with Crippen molar-refractivity contribution in [3.05, 3.63) is 12.2 Å². The summed E-state index contributed by atoms with van der Waals surface area (Å²) in [6.07, 6.45) is 48.0. The van der Waals surface area contributed by atoms with Gasteiger partial charge in [0.1, 0.15) is 0 Å². The predicted molar refractivity (Wildman–Crippen MR) is 181 cm³/mol. The molecule has 0 fully saturated rings. The van der Waals surface area contributed by atoms with E-state index in [9.17, 15) is 0 Å². The minimum atomic E-state index is 0. The fourth-order valence-electron chi connectivity index (χ4n) is 5.99. The molecule has 0 aromatic rings. The van der Waals surface area contributed by atoms with Crippen LogP contribution in [0.15, 0.2) is 12.2 Å². The third-order valence-corrected chi connectivity index (χ3v) is 8.89. The number of quaternary nitrogens is 1. The van der Waals surface area contributed by atoms with Gasteiger partial charge in [-0.2, -0.15) is 0 Å². The molecule has 0 unspecified atom stereocenters. The van der Waals surface area contributed by atoms with Crippen molar-refractivity contribution in [2.75, 3.05) is 27.2 Å². The second-order valence-electron chi connectivity index (χ2n) is 13.6. The van der Waals surface area contributed by atoms with Crippen LogP contribution in [-0.2, 0) is 0 Å². The quantitative estimate of drug-likeness (QED) is 0.0409. The van der Waals surface area contributed by atoms with Gasteiger partial charge in [-0.15, -0.1) is 0 Å². The van der Waals surface area contributed by atoms with Crippen molar-refractivity contribution in [2.24, 2.45) is 0 Å². The summed E-state index contributed by atoms with van der Waals surface area (Å²) < 4.78 is 1.24. The smallest absolute Gasteiger partial charge is 0.0782 e. The maximum absolute atomic E-state index is 2.46. The summed E-state index contributed by atoms with van der Waals surface area (Å²) in [7, 11) is 4.92. The summed E-state index contributed by atoms with van der Waals surface area (Å²) in [5.74, 6) is 0. The van der Waals surface area contributed by atoms with E-state index in [1.54, 1.807) is 0 Å². The Bertz CT molecular complexity index is 472. The van der Waals surface area contributed by atoms with Crippen LogP contribution in [-0.4, -0.2) is 31.7 Å². The summed E-state index contributed by atoms with van der Waals surface area (Å²) >= 11 is 0. The average molecular weight is 585 g/mol. The molecular weight excluding hydrogens is 506 g/mol. The molecule has 0 saturated heterocycles. The van der Waals surface area contributed by atoms with Crippen LogP contribution in [0.5, 0.6) is 0 Å². The van der Waals surface area contributed by atoms with E-state index < -0.39 is 0 Å². The summed E-state index contributed by atoms with van der Waals surface area (Å²) in [4.78, 5) is 0. The van der Waals surface area contributed by atoms with Gasteiger partial charge in [0.15, 0.2) is 0 Å². The molecule has 0 aliphatic rings. The number of halogens is 1. The highest BCUT2D eigenvalue weighted by Crippen LogP contribution is 2.15. The van der Waals surface area contributed by atoms with Crippen molar-refractivity contribution in [3.8, 4) is 0 Å². The fourth-order valence-corrected chi connectivity index (χ4v) is 5.99. The Labute approximate surface area is 262 Å². The Kier molecular flexibility index (Phi) is 37.1. The van der Waals surface area contributed by atoms with E-state index in [1.165, 1.54) is 210 Å². The second-order valence-corrected chi connectivity index (χ2v) is 13.6. The van der Waals surface area contributed by atoms with Crippen molar-refractivity contribution in [1.29, 1.82) is 0 Å². The Morgan fingerprint density at radius 2 is 0.550 bits per heavy atom.